The minimum absolute atomic E-state index is 0.215. The van der Waals surface area contributed by atoms with Crippen LogP contribution in [0.3, 0.4) is 0 Å². The number of ketones is 1. The molecule has 0 aliphatic heterocycles. The smallest absolute Gasteiger partial charge is 0.137 e. The number of hydrogen-bond donors (Lipinski definition) is 1. The Bertz CT molecular complexity index is 220. The zero-order chi connectivity index (χ0) is 11.5. The van der Waals surface area contributed by atoms with Gasteiger partial charge in [0.05, 0.1) is 5.60 Å². The molecule has 1 aliphatic carbocycles. The van der Waals surface area contributed by atoms with Crippen LogP contribution in [-0.4, -0.2) is 41.0 Å². The molecule has 88 valence electrons. The lowest BCUT2D eigenvalue weighted by Gasteiger charge is -2.29. The Kier molecular flexibility index (Phi) is 4.29. The van der Waals surface area contributed by atoms with Gasteiger partial charge in [0.25, 0.3) is 0 Å². The van der Waals surface area contributed by atoms with E-state index in [1.807, 2.05) is 13.8 Å². The lowest BCUT2D eigenvalue weighted by molar-refractivity contribution is -0.121. The highest BCUT2D eigenvalue weighted by Crippen LogP contribution is 2.22. The Morgan fingerprint density at radius 3 is 2.60 bits per heavy atom. The lowest BCUT2D eigenvalue weighted by Crippen LogP contribution is -2.41. The third-order valence-electron chi connectivity index (χ3n) is 2.97. The van der Waals surface area contributed by atoms with Crippen LogP contribution in [0, 0.1) is 5.92 Å². The first-order valence-electron chi connectivity index (χ1n) is 5.90. The summed E-state index contributed by atoms with van der Waals surface area (Å²) in [6, 6.07) is 0. The summed E-state index contributed by atoms with van der Waals surface area (Å²) < 4.78 is 0. The Balaban J connectivity index is 2.42. The summed E-state index contributed by atoms with van der Waals surface area (Å²) in [7, 11) is 0. The molecule has 3 nitrogen and oxygen atoms in total. The fourth-order valence-corrected chi connectivity index (χ4v) is 2.25. The predicted octanol–water partition coefficient (Wildman–Crippen LogP) is 1.45. The van der Waals surface area contributed by atoms with E-state index < -0.39 is 5.60 Å². The average molecular weight is 213 g/mol. The maximum atomic E-state index is 11.5. The molecule has 1 fully saturated rings. The van der Waals surface area contributed by atoms with Crippen LogP contribution in [0.25, 0.3) is 0 Å². The topological polar surface area (TPSA) is 40.5 Å². The molecule has 0 amide bonds. The van der Waals surface area contributed by atoms with Crippen LogP contribution in [-0.2, 0) is 4.79 Å². The van der Waals surface area contributed by atoms with Crippen molar-refractivity contribution in [1.82, 2.24) is 4.90 Å². The van der Waals surface area contributed by atoms with Crippen molar-refractivity contribution in [3.05, 3.63) is 0 Å². The molecule has 0 saturated heterocycles. The van der Waals surface area contributed by atoms with Gasteiger partial charge in [-0.05, 0) is 33.2 Å². The summed E-state index contributed by atoms with van der Waals surface area (Å²) in [5.41, 5.74) is -0.669. The zero-order valence-electron chi connectivity index (χ0n) is 10.1. The maximum absolute atomic E-state index is 11.5. The first-order valence-corrected chi connectivity index (χ1v) is 5.90. The Hall–Kier alpha value is -0.410. The van der Waals surface area contributed by atoms with Crippen LogP contribution in [0.2, 0.25) is 0 Å². The van der Waals surface area contributed by atoms with Crippen LogP contribution in [0.1, 0.15) is 40.0 Å². The highest BCUT2D eigenvalue weighted by molar-refractivity contribution is 5.83. The molecule has 0 aromatic carbocycles. The fourth-order valence-electron chi connectivity index (χ4n) is 2.25. The van der Waals surface area contributed by atoms with Crippen molar-refractivity contribution >= 4 is 5.78 Å². The van der Waals surface area contributed by atoms with E-state index in [2.05, 4.69) is 11.8 Å². The standard InChI is InChI=1S/C12H23NO2/c1-4-13(9-12(2,3)15)8-10-6-5-7-11(10)14/h10,15H,4-9H2,1-3H3. The largest absolute Gasteiger partial charge is 0.389 e. The number of rotatable bonds is 5. The van der Waals surface area contributed by atoms with Crippen molar-refractivity contribution in [3.63, 3.8) is 0 Å². The minimum Gasteiger partial charge on any atom is -0.389 e. The van der Waals surface area contributed by atoms with Gasteiger partial charge in [0.1, 0.15) is 5.78 Å². The molecule has 0 bridgehead atoms. The number of Topliss-reactive ketones (excluding diaryl/α,β-unsaturated/α-hetero) is 1. The number of hydrogen-bond acceptors (Lipinski definition) is 3. The first kappa shape index (κ1) is 12.7. The third kappa shape index (κ3) is 4.31. The average Bonchev–Trinajstić information content (AvgIpc) is 2.48. The molecule has 0 aromatic heterocycles. The number of aliphatic hydroxyl groups is 1. The molecule has 1 unspecified atom stereocenters. The highest BCUT2D eigenvalue weighted by Gasteiger charge is 2.27. The summed E-state index contributed by atoms with van der Waals surface area (Å²) in [6.07, 6.45) is 2.83. The Labute approximate surface area is 92.5 Å². The van der Waals surface area contributed by atoms with E-state index in [1.165, 1.54) is 0 Å². The minimum atomic E-state index is -0.669. The Morgan fingerprint density at radius 1 is 1.53 bits per heavy atom. The quantitative estimate of drug-likeness (QED) is 0.751. The molecule has 1 saturated carbocycles. The predicted molar refractivity (Wildman–Crippen MR) is 60.8 cm³/mol. The van der Waals surface area contributed by atoms with Gasteiger partial charge in [0.15, 0.2) is 0 Å². The van der Waals surface area contributed by atoms with E-state index >= 15 is 0 Å². The highest BCUT2D eigenvalue weighted by atomic mass is 16.3. The molecule has 0 heterocycles. The van der Waals surface area contributed by atoms with Crippen LogP contribution >= 0.6 is 0 Å². The summed E-state index contributed by atoms with van der Waals surface area (Å²) in [5.74, 6) is 0.622. The van der Waals surface area contributed by atoms with Gasteiger partial charge in [-0.1, -0.05) is 6.92 Å². The molecule has 3 heteroatoms. The van der Waals surface area contributed by atoms with Crippen molar-refractivity contribution in [1.29, 1.82) is 0 Å². The van der Waals surface area contributed by atoms with Gasteiger partial charge in [-0.2, -0.15) is 0 Å². The van der Waals surface area contributed by atoms with Crippen LogP contribution in [0.4, 0.5) is 0 Å². The SMILES string of the molecule is CCN(CC1CCCC1=O)CC(C)(C)O. The molecule has 0 spiro atoms. The van der Waals surface area contributed by atoms with Gasteiger partial charge < -0.3 is 10.0 Å². The van der Waals surface area contributed by atoms with E-state index in [4.69, 9.17) is 0 Å². The second kappa shape index (κ2) is 5.08. The molecule has 0 radical (unpaired) electrons. The van der Waals surface area contributed by atoms with Crippen LogP contribution < -0.4 is 0 Å². The lowest BCUT2D eigenvalue weighted by atomic mass is 10.0. The van der Waals surface area contributed by atoms with Gasteiger partial charge in [0, 0.05) is 25.4 Å². The van der Waals surface area contributed by atoms with E-state index in [-0.39, 0.29) is 5.92 Å². The fraction of sp³-hybridized carbons (Fsp3) is 0.917. The number of carbonyl (C=O) groups is 1. The second-order valence-corrected chi connectivity index (χ2v) is 5.20. The van der Waals surface area contributed by atoms with Crippen molar-refractivity contribution in [3.8, 4) is 0 Å². The molecular weight excluding hydrogens is 190 g/mol. The maximum Gasteiger partial charge on any atom is 0.137 e. The van der Waals surface area contributed by atoms with Gasteiger partial charge in [0.2, 0.25) is 0 Å². The van der Waals surface area contributed by atoms with Crippen LogP contribution in [0.5, 0.6) is 0 Å². The monoisotopic (exact) mass is 213 g/mol. The van der Waals surface area contributed by atoms with Crippen molar-refractivity contribution < 1.29 is 9.90 Å². The van der Waals surface area contributed by atoms with Crippen LogP contribution in [0.15, 0.2) is 0 Å². The summed E-state index contributed by atoms with van der Waals surface area (Å²) >= 11 is 0. The molecule has 1 atom stereocenters. The molecule has 1 N–H and O–H groups in total. The molecule has 1 rings (SSSR count). The normalized spacial score (nSPS) is 22.7. The number of likely N-dealkylation sites (N-methyl/N-ethyl adjacent to an activating group) is 1. The first-order chi connectivity index (χ1) is 6.92. The van der Waals surface area contributed by atoms with E-state index in [1.54, 1.807) is 0 Å². The second-order valence-electron chi connectivity index (χ2n) is 5.20. The zero-order valence-corrected chi connectivity index (χ0v) is 10.1. The molecule has 0 aromatic rings. The van der Waals surface area contributed by atoms with Gasteiger partial charge in [-0.15, -0.1) is 0 Å². The Morgan fingerprint density at radius 2 is 2.20 bits per heavy atom. The van der Waals surface area contributed by atoms with E-state index in [9.17, 15) is 9.90 Å². The van der Waals surface area contributed by atoms with Crippen molar-refractivity contribution in [2.45, 2.75) is 45.6 Å². The van der Waals surface area contributed by atoms with E-state index in [0.29, 0.717) is 12.3 Å². The number of carbonyl (C=O) groups excluding carboxylic acids is 1. The van der Waals surface area contributed by atoms with Gasteiger partial charge in [-0.25, -0.2) is 0 Å². The third-order valence-corrected chi connectivity index (χ3v) is 2.97. The number of nitrogens with zero attached hydrogens (tertiary/aromatic N) is 1. The van der Waals surface area contributed by atoms with Gasteiger partial charge >= 0.3 is 0 Å². The summed E-state index contributed by atoms with van der Waals surface area (Å²) in [5, 5.41) is 9.73. The van der Waals surface area contributed by atoms with Crippen molar-refractivity contribution in [2.24, 2.45) is 5.92 Å². The summed E-state index contributed by atoms with van der Waals surface area (Å²) in [6.45, 7) is 8.06. The molecular formula is C12H23NO2. The summed E-state index contributed by atoms with van der Waals surface area (Å²) in [4.78, 5) is 13.7. The molecule has 1 aliphatic rings. The van der Waals surface area contributed by atoms with Crippen molar-refractivity contribution in [2.75, 3.05) is 19.6 Å². The van der Waals surface area contributed by atoms with E-state index in [0.717, 1.165) is 32.4 Å². The molecule has 15 heavy (non-hydrogen) atoms. The van der Waals surface area contributed by atoms with Gasteiger partial charge in [-0.3, -0.25) is 4.79 Å².